The average molecular weight is 547 g/mol. The lowest BCUT2D eigenvalue weighted by atomic mass is 9.41. The van der Waals surface area contributed by atoms with E-state index in [-0.39, 0.29) is 10.6 Å². The highest BCUT2D eigenvalue weighted by atomic mass is 16.5. The molecule has 42 heavy (non-hydrogen) atoms. The molecule has 204 valence electrons. The van der Waals surface area contributed by atoms with E-state index in [9.17, 15) is 0 Å². The molecule has 7 rings (SSSR count). The normalized spacial score (nSPS) is 12.4. The Morgan fingerprint density at radius 2 is 1.33 bits per heavy atom. The van der Waals surface area contributed by atoms with Crippen LogP contribution in [0.1, 0.15) is 26.3 Å². The lowest BCUT2D eigenvalue weighted by Crippen LogP contribution is -2.41. The van der Waals surface area contributed by atoms with E-state index in [2.05, 4.69) is 99.5 Å². The quantitative estimate of drug-likeness (QED) is 0.242. The fraction of sp³-hybridized carbons (Fsp3) is 0.147. The largest absolute Gasteiger partial charge is 0.457 e. The molecule has 4 heterocycles. The number of rotatable bonds is 5. The first kappa shape index (κ1) is 26.1. The van der Waals surface area contributed by atoms with Gasteiger partial charge in [0.25, 0.3) is 0 Å². The Bertz CT molecular complexity index is 2110. The molecule has 0 aliphatic heterocycles. The third kappa shape index (κ3) is 4.26. The highest BCUT2D eigenvalue weighted by Crippen LogP contribution is 2.38. The second-order valence-electron chi connectivity index (χ2n) is 12.4. The van der Waals surface area contributed by atoms with E-state index in [4.69, 9.17) is 9.72 Å². The van der Waals surface area contributed by atoms with E-state index < -0.39 is 0 Å². The van der Waals surface area contributed by atoms with Gasteiger partial charge in [0.05, 0.1) is 22.1 Å². The summed E-state index contributed by atoms with van der Waals surface area (Å²) < 4.78 is 10.7. The summed E-state index contributed by atoms with van der Waals surface area (Å²) in [6.45, 7) is 6.87. The predicted molar refractivity (Wildman–Crippen MR) is 176 cm³/mol. The van der Waals surface area contributed by atoms with Gasteiger partial charge in [-0.05, 0) is 53.9 Å². The Balaban J connectivity index is 1.32. The van der Waals surface area contributed by atoms with Crippen LogP contribution < -0.4 is 4.74 Å². The second kappa shape index (κ2) is 9.62. The van der Waals surface area contributed by atoms with Crippen LogP contribution in [0.4, 0.5) is 0 Å². The van der Waals surface area contributed by atoms with Gasteiger partial charge in [0.2, 0.25) is 0 Å². The van der Waals surface area contributed by atoms with Crippen LogP contribution >= 0.6 is 0 Å². The Morgan fingerprint density at radius 1 is 0.643 bits per heavy atom. The van der Waals surface area contributed by atoms with Gasteiger partial charge in [-0.1, -0.05) is 61.9 Å². The summed E-state index contributed by atoms with van der Waals surface area (Å²) in [5, 5.41) is 2.29. The standard InChI is InChI=1S/C34H31B2N5O/c1-33(2,3)34(35,36)22-14-16-38-32(18-22)41-28-10-6-4-8-25(28)26-13-12-23(19-30(26)41)42-24-15-17-37-31(20-24)40-21-39-27-9-5-7-11-29(27)40/h4-21H,35-36H2,1-3H3. The number of imidazole rings is 1. The molecule has 3 aromatic carbocycles. The van der Waals surface area contributed by atoms with Gasteiger partial charge in [-0.2, -0.15) is 0 Å². The molecule has 0 amide bonds. The highest BCUT2D eigenvalue weighted by molar-refractivity contribution is 6.40. The molecule has 0 N–H and O–H groups in total. The molecule has 0 saturated carbocycles. The van der Waals surface area contributed by atoms with Crippen LogP contribution in [0.2, 0.25) is 0 Å². The summed E-state index contributed by atoms with van der Waals surface area (Å²) in [4.78, 5) is 14.0. The van der Waals surface area contributed by atoms with Crippen LogP contribution in [0.15, 0.2) is 110 Å². The minimum Gasteiger partial charge on any atom is -0.457 e. The molecule has 0 radical (unpaired) electrons. The molecular formula is C34H31B2N5O. The first-order valence-electron chi connectivity index (χ1n) is 14.3. The zero-order valence-corrected chi connectivity index (χ0v) is 24.5. The Hall–Kier alpha value is -4.84. The summed E-state index contributed by atoms with van der Waals surface area (Å²) in [6.07, 6.45) is 5.49. The van der Waals surface area contributed by atoms with Crippen LogP contribution in [0.5, 0.6) is 11.5 Å². The minimum absolute atomic E-state index is 0.0443. The zero-order chi connectivity index (χ0) is 29.1. The van der Waals surface area contributed by atoms with Gasteiger partial charge < -0.3 is 4.74 Å². The van der Waals surface area contributed by atoms with Crippen molar-refractivity contribution in [2.45, 2.75) is 26.0 Å². The van der Waals surface area contributed by atoms with Gasteiger partial charge in [-0.3, -0.25) is 9.13 Å². The van der Waals surface area contributed by atoms with Crippen molar-refractivity contribution in [1.29, 1.82) is 0 Å². The number of fused-ring (bicyclic) bond motifs is 4. The van der Waals surface area contributed by atoms with E-state index in [1.54, 1.807) is 12.5 Å². The number of hydrogen-bond acceptors (Lipinski definition) is 4. The van der Waals surface area contributed by atoms with Crippen LogP contribution in [-0.4, -0.2) is 39.8 Å². The van der Waals surface area contributed by atoms with E-state index >= 15 is 0 Å². The topological polar surface area (TPSA) is 57.8 Å². The molecule has 8 heteroatoms. The van der Waals surface area contributed by atoms with Crippen molar-refractivity contribution < 1.29 is 4.74 Å². The lowest BCUT2D eigenvalue weighted by Gasteiger charge is -2.40. The molecule has 7 aromatic rings. The van der Waals surface area contributed by atoms with Crippen LogP contribution in [0.3, 0.4) is 0 Å². The molecule has 0 spiro atoms. The van der Waals surface area contributed by atoms with E-state index in [1.165, 1.54) is 10.9 Å². The number of hydrogen-bond donors (Lipinski definition) is 0. The monoisotopic (exact) mass is 547 g/mol. The number of nitrogens with zero attached hydrogens (tertiary/aromatic N) is 5. The van der Waals surface area contributed by atoms with Crippen molar-refractivity contribution in [3.05, 3.63) is 115 Å². The van der Waals surface area contributed by atoms with Gasteiger partial charge in [0.1, 0.15) is 45.2 Å². The van der Waals surface area contributed by atoms with E-state index in [0.29, 0.717) is 5.75 Å². The van der Waals surface area contributed by atoms with Crippen molar-refractivity contribution in [1.82, 2.24) is 24.1 Å². The molecule has 0 fully saturated rings. The minimum atomic E-state index is -0.0443. The number of pyridine rings is 2. The number of aromatic nitrogens is 5. The zero-order valence-electron chi connectivity index (χ0n) is 24.5. The average Bonchev–Trinajstić information content (AvgIpc) is 3.56. The van der Waals surface area contributed by atoms with Crippen LogP contribution in [-0.2, 0) is 5.21 Å². The Morgan fingerprint density at radius 3 is 2.17 bits per heavy atom. The van der Waals surface area contributed by atoms with Crippen molar-refractivity contribution in [2.24, 2.45) is 5.41 Å². The second-order valence-corrected chi connectivity index (χ2v) is 12.4. The number of para-hydroxylation sites is 3. The van der Waals surface area contributed by atoms with Gasteiger partial charge in [-0.15, -0.1) is 0 Å². The number of ether oxygens (including phenoxy) is 1. The van der Waals surface area contributed by atoms with Crippen LogP contribution in [0.25, 0.3) is 44.5 Å². The molecule has 6 nitrogen and oxygen atoms in total. The van der Waals surface area contributed by atoms with Gasteiger partial charge in [-0.25, -0.2) is 15.0 Å². The molecule has 0 unspecified atom stereocenters. The van der Waals surface area contributed by atoms with E-state index in [0.717, 1.165) is 44.8 Å². The molecule has 4 aromatic heterocycles. The maximum absolute atomic E-state index is 6.44. The van der Waals surface area contributed by atoms with Crippen molar-refractivity contribution >= 4 is 48.5 Å². The Kier molecular flexibility index (Phi) is 5.98. The van der Waals surface area contributed by atoms with Gasteiger partial charge >= 0.3 is 0 Å². The Labute approximate surface area is 246 Å². The summed E-state index contributed by atoms with van der Waals surface area (Å²) in [5.74, 6) is 3.09. The first-order valence-corrected chi connectivity index (χ1v) is 14.3. The molecule has 0 aliphatic rings. The SMILES string of the molecule is BC(B)(c1ccnc(-n2c3ccccc3c3ccc(Oc4ccnc(-n5cnc6ccccc65)c4)cc32)c1)C(C)(C)C. The lowest BCUT2D eigenvalue weighted by molar-refractivity contribution is 0.358. The highest BCUT2D eigenvalue weighted by Gasteiger charge is 2.34. The fourth-order valence-corrected chi connectivity index (χ4v) is 5.50. The van der Waals surface area contributed by atoms with E-state index in [1.807, 2.05) is 53.2 Å². The summed E-state index contributed by atoms with van der Waals surface area (Å²) in [7, 11) is 4.61. The van der Waals surface area contributed by atoms with Crippen LogP contribution in [0, 0.1) is 5.41 Å². The number of benzene rings is 3. The maximum Gasteiger partial charge on any atom is 0.142 e. The van der Waals surface area contributed by atoms with Gasteiger partial charge in [0.15, 0.2) is 0 Å². The third-order valence-electron chi connectivity index (χ3n) is 8.87. The summed E-state index contributed by atoms with van der Waals surface area (Å²) in [6, 6.07) is 31.0. The van der Waals surface area contributed by atoms with Gasteiger partial charge in [0, 0.05) is 35.3 Å². The maximum atomic E-state index is 6.44. The smallest absolute Gasteiger partial charge is 0.142 e. The predicted octanol–water partition coefficient (Wildman–Crippen LogP) is 6.17. The summed E-state index contributed by atoms with van der Waals surface area (Å²) >= 11 is 0. The molecule has 0 atom stereocenters. The van der Waals surface area contributed by atoms with Crippen molar-refractivity contribution in [3.8, 4) is 23.1 Å². The fourth-order valence-electron chi connectivity index (χ4n) is 5.50. The van der Waals surface area contributed by atoms with Crippen molar-refractivity contribution in [3.63, 3.8) is 0 Å². The molecular weight excluding hydrogens is 516 g/mol. The third-order valence-corrected chi connectivity index (χ3v) is 8.87. The van der Waals surface area contributed by atoms with Crippen molar-refractivity contribution in [2.75, 3.05) is 0 Å². The molecule has 0 saturated heterocycles. The summed E-state index contributed by atoms with van der Waals surface area (Å²) in [5.41, 5.74) is 5.42. The molecule has 0 bridgehead atoms. The first-order chi connectivity index (χ1) is 20.2. The molecule has 0 aliphatic carbocycles.